The van der Waals surface area contributed by atoms with Crippen LogP contribution in [-0.2, 0) is 0 Å². The van der Waals surface area contributed by atoms with Crippen LogP contribution in [0.4, 0.5) is 0 Å². The van der Waals surface area contributed by atoms with Crippen LogP contribution in [0, 0.1) is 6.92 Å². The summed E-state index contributed by atoms with van der Waals surface area (Å²) in [6.07, 6.45) is 0. The lowest BCUT2D eigenvalue weighted by molar-refractivity contribution is 0.655. The Morgan fingerprint density at radius 1 is 1.00 bits per heavy atom. The van der Waals surface area contributed by atoms with Crippen molar-refractivity contribution in [3.8, 4) is 0 Å². The molecule has 1 heterocycles. The molecule has 0 amide bonds. The zero-order valence-electron chi connectivity index (χ0n) is 9.46. The van der Waals surface area contributed by atoms with E-state index in [4.69, 9.17) is 4.42 Å². The maximum absolute atomic E-state index is 12.5. The minimum atomic E-state index is 0.00588. The van der Waals surface area contributed by atoms with Crippen molar-refractivity contribution >= 4 is 53.8 Å². The summed E-state index contributed by atoms with van der Waals surface area (Å²) in [7, 11) is 0. The Hall–Kier alpha value is -1.13. The molecule has 18 heavy (non-hydrogen) atoms. The molecule has 0 aliphatic carbocycles. The van der Waals surface area contributed by atoms with Crippen molar-refractivity contribution in [1.29, 1.82) is 0 Å². The molecule has 0 aliphatic rings. The number of rotatable bonds is 0. The van der Waals surface area contributed by atoms with Gasteiger partial charge in [0.1, 0.15) is 0 Å². The van der Waals surface area contributed by atoms with Gasteiger partial charge in [-0.05, 0) is 62.5 Å². The second kappa shape index (κ2) is 4.21. The molecule has 0 saturated heterocycles. The summed E-state index contributed by atoms with van der Waals surface area (Å²) in [5.74, 6) is 0. The van der Waals surface area contributed by atoms with Crippen molar-refractivity contribution < 1.29 is 4.42 Å². The Morgan fingerprint density at radius 3 is 2.50 bits per heavy atom. The van der Waals surface area contributed by atoms with E-state index in [1.165, 1.54) is 0 Å². The van der Waals surface area contributed by atoms with Crippen LogP contribution in [0.2, 0.25) is 0 Å². The van der Waals surface area contributed by atoms with E-state index in [1.54, 1.807) is 6.07 Å². The maximum atomic E-state index is 12.5. The quantitative estimate of drug-likeness (QED) is 0.535. The van der Waals surface area contributed by atoms with Crippen LogP contribution in [0.25, 0.3) is 21.9 Å². The maximum Gasteiger partial charge on any atom is 0.200 e. The van der Waals surface area contributed by atoms with E-state index in [1.807, 2.05) is 31.2 Å². The third-order valence-electron chi connectivity index (χ3n) is 2.96. The van der Waals surface area contributed by atoms with E-state index in [2.05, 4.69) is 31.9 Å². The Bertz CT molecular complexity index is 834. The first-order valence-electron chi connectivity index (χ1n) is 5.40. The Morgan fingerprint density at radius 2 is 1.72 bits per heavy atom. The van der Waals surface area contributed by atoms with Gasteiger partial charge in [0.15, 0.2) is 11.2 Å². The lowest BCUT2D eigenvalue weighted by atomic mass is 10.1. The van der Waals surface area contributed by atoms with Gasteiger partial charge in [-0.1, -0.05) is 12.1 Å². The summed E-state index contributed by atoms with van der Waals surface area (Å²) in [5, 5.41) is 1.23. The smallest absolute Gasteiger partial charge is 0.200 e. The van der Waals surface area contributed by atoms with Crippen molar-refractivity contribution in [2.75, 3.05) is 0 Å². The van der Waals surface area contributed by atoms with E-state index >= 15 is 0 Å². The normalized spacial score (nSPS) is 11.3. The topological polar surface area (TPSA) is 30.2 Å². The fraction of sp³-hybridized carbons (Fsp3) is 0.0714. The molecule has 0 N–H and O–H groups in total. The molecule has 3 aromatic rings. The highest BCUT2D eigenvalue weighted by Gasteiger charge is 2.13. The predicted molar refractivity (Wildman–Crippen MR) is 80.1 cm³/mol. The molecule has 90 valence electrons. The molecule has 2 nitrogen and oxygen atoms in total. The molecule has 0 atom stereocenters. The molecule has 0 radical (unpaired) electrons. The number of hydrogen-bond acceptors (Lipinski definition) is 2. The highest BCUT2D eigenvalue weighted by Crippen LogP contribution is 2.30. The third kappa shape index (κ3) is 1.63. The summed E-state index contributed by atoms with van der Waals surface area (Å²) < 4.78 is 7.45. The van der Waals surface area contributed by atoms with Gasteiger partial charge >= 0.3 is 0 Å². The number of fused-ring (bicyclic) bond motifs is 2. The van der Waals surface area contributed by atoms with Crippen molar-refractivity contribution in [2.24, 2.45) is 0 Å². The van der Waals surface area contributed by atoms with E-state index in [9.17, 15) is 4.79 Å². The summed E-state index contributed by atoms with van der Waals surface area (Å²) in [6.45, 7) is 1.91. The highest BCUT2D eigenvalue weighted by atomic mass is 79.9. The van der Waals surface area contributed by atoms with Gasteiger partial charge in [-0.15, -0.1) is 0 Å². The molecule has 0 aliphatic heterocycles. The molecule has 3 rings (SSSR count). The van der Waals surface area contributed by atoms with Gasteiger partial charge < -0.3 is 4.42 Å². The fourth-order valence-electron chi connectivity index (χ4n) is 2.07. The van der Waals surface area contributed by atoms with Gasteiger partial charge in [-0.3, -0.25) is 4.79 Å². The standard InChI is InChI=1S/C14H8Br2O2/c1-7-5-6-10(16)14-11(7)12(17)8-3-2-4-9(15)13(8)18-14/h2-6H,1H3. The van der Waals surface area contributed by atoms with Crippen molar-refractivity contribution in [2.45, 2.75) is 6.92 Å². The van der Waals surface area contributed by atoms with Crippen molar-refractivity contribution in [1.82, 2.24) is 0 Å². The van der Waals surface area contributed by atoms with Crippen LogP contribution in [0.3, 0.4) is 0 Å². The molecule has 1 aromatic heterocycles. The number of benzene rings is 2. The number of para-hydroxylation sites is 1. The number of hydrogen-bond donors (Lipinski definition) is 0. The first-order valence-corrected chi connectivity index (χ1v) is 6.98. The highest BCUT2D eigenvalue weighted by molar-refractivity contribution is 9.11. The van der Waals surface area contributed by atoms with Gasteiger partial charge in [0.25, 0.3) is 0 Å². The molecular formula is C14H8Br2O2. The Kier molecular flexibility index (Phi) is 2.79. The fourth-order valence-corrected chi connectivity index (χ4v) is 2.92. The minimum absolute atomic E-state index is 0.00588. The summed E-state index contributed by atoms with van der Waals surface area (Å²) in [4.78, 5) is 12.5. The van der Waals surface area contributed by atoms with Crippen LogP contribution in [0.1, 0.15) is 5.56 Å². The predicted octanol–water partition coefficient (Wildman–Crippen LogP) is 4.78. The SMILES string of the molecule is Cc1ccc(Br)c2oc3c(Br)cccc3c(=O)c12. The van der Waals surface area contributed by atoms with E-state index in [0.29, 0.717) is 21.9 Å². The monoisotopic (exact) mass is 366 g/mol. The van der Waals surface area contributed by atoms with Gasteiger partial charge in [-0.2, -0.15) is 0 Å². The molecule has 0 bridgehead atoms. The van der Waals surface area contributed by atoms with Crippen LogP contribution in [0.15, 0.2) is 48.5 Å². The zero-order chi connectivity index (χ0) is 12.9. The second-order valence-corrected chi connectivity index (χ2v) is 5.82. The van der Waals surface area contributed by atoms with Gasteiger partial charge in [0, 0.05) is 0 Å². The first-order chi connectivity index (χ1) is 8.59. The average molecular weight is 368 g/mol. The summed E-state index contributed by atoms with van der Waals surface area (Å²) in [5.41, 5.74) is 2.11. The van der Waals surface area contributed by atoms with Crippen LogP contribution in [0.5, 0.6) is 0 Å². The largest absolute Gasteiger partial charge is 0.453 e. The minimum Gasteiger partial charge on any atom is -0.453 e. The van der Waals surface area contributed by atoms with Crippen LogP contribution in [-0.4, -0.2) is 0 Å². The molecule has 0 saturated carbocycles. The van der Waals surface area contributed by atoms with Crippen molar-refractivity contribution in [3.63, 3.8) is 0 Å². The van der Waals surface area contributed by atoms with Gasteiger partial charge in [-0.25, -0.2) is 0 Å². The first kappa shape index (κ1) is 11.9. The summed E-state index contributed by atoms with van der Waals surface area (Å²) >= 11 is 6.84. The lowest BCUT2D eigenvalue weighted by Crippen LogP contribution is -2.04. The molecule has 0 fully saturated rings. The molecular weight excluding hydrogens is 360 g/mol. The Balaban J connectivity index is 2.70. The number of aryl methyl sites for hydroxylation is 1. The van der Waals surface area contributed by atoms with Crippen LogP contribution >= 0.6 is 31.9 Å². The third-order valence-corrected chi connectivity index (χ3v) is 4.21. The molecule has 2 aromatic carbocycles. The molecule has 0 spiro atoms. The molecule has 0 unspecified atom stereocenters. The summed E-state index contributed by atoms with van der Waals surface area (Å²) in [6, 6.07) is 9.28. The van der Waals surface area contributed by atoms with E-state index in [0.717, 1.165) is 14.5 Å². The number of halogens is 2. The molecule has 4 heteroatoms. The van der Waals surface area contributed by atoms with Gasteiger partial charge in [0.2, 0.25) is 5.43 Å². The van der Waals surface area contributed by atoms with Crippen molar-refractivity contribution in [3.05, 3.63) is 55.1 Å². The van der Waals surface area contributed by atoms with Gasteiger partial charge in [0.05, 0.1) is 19.7 Å². The average Bonchev–Trinajstić information content (AvgIpc) is 2.35. The lowest BCUT2D eigenvalue weighted by Gasteiger charge is -2.06. The van der Waals surface area contributed by atoms with E-state index in [-0.39, 0.29) is 5.43 Å². The second-order valence-electron chi connectivity index (χ2n) is 4.12. The Labute approximate surface area is 120 Å². The zero-order valence-corrected chi connectivity index (χ0v) is 12.6. The van der Waals surface area contributed by atoms with Crippen LogP contribution < -0.4 is 5.43 Å². The van der Waals surface area contributed by atoms with E-state index < -0.39 is 0 Å².